The molecule has 0 amide bonds. The van der Waals surface area contributed by atoms with E-state index in [-0.39, 0.29) is 5.78 Å². The van der Waals surface area contributed by atoms with Crippen molar-refractivity contribution in [3.8, 4) is 16.3 Å². The van der Waals surface area contributed by atoms with E-state index in [1.807, 2.05) is 26.0 Å². The molecule has 3 nitrogen and oxygen atoms in total. The number of ether oxygens (including phenoxy) is 1. The second-order valence-corrected chi connectivity index (χ2v) is 5.02. The summed E-state index contributed by atoms with van der Waals surface area (Å²) in [4.78, 5) is 15.6. The van der Waals surface area contributed by atoms with Gasteiger partial charge in [-0.25, -0.2) is 4.98 Å². The number of nitrogens with zero attached hydrogens (tertiary/aromatic N) is 1. The van der Waals surface area contributed by atoms with E-state index in [2.05, 4.69) is 4.98 Å². The molecule has 0 bridgehead atoms. The number of Topliss-reactive ketones (excluding diaryl/α,β-unsaturated/α-hetero) is 1. The molecule has 4 heteroatoms. The summed E-state index contributed by atoms with van der Waals surface area (Å²) < 4.78 is 5.29. The summed E-state index contributed by atoms with van der Waals surface area (Å²) in [5.41, 5.74) is 3.84. The van der Waals surface area contributed by atoms with Crippen LogP contribution in [-0.2, 0) is 0 Å². The molecule has 1 aromatic carbocycles. The summed E-state index contributed by atoms with van der Waals surface area (Å²) in [5, 5.41) is 2.68. The lowest BCUT2D eigenvalue weighted by Crippen LogP contribution is -1.94. The molecule has 0 unspecified atom stereocenters. The maximum absolute atomic E-state index is 11.3. The zero-order valence-electron chi connectivity index (χ0n) is 10.9. The van der Waals surface area contributed by atoms with Gasteiger partial charge < -0.3 is 4.74 Å². The van der Waals surface area contributed by atoms with Crippen LogP contribution in [0, 0.1) is 13.8 Å². The van der Waals surface area contributed by atoms with Gasteiger partial charge in [0, 0.05) is 17.9 Å². The van der Waals surface area contributed by atoms with E-state index in [9.17, 15) is 4.79 Å². The molecule has 0 fully saturated rings. The number of methoxy groups -OCH3 is 1. The Balaban J connectivity index is 2.50. The molecule has 0 aliphatic heterocycles. The molecular weight excluding hydrogens is 246 g/mol. The third kappa shape index (κ3) is 2.16. The van der Waals surface area contributed by atoms with Gasteiger partial charge in [-0.3, -0.25) is 4.79 Å². The van der Waals surface area contributed by atoms with Crippen LogP contribution in [0.5, 0.6) is 5.75 Å². The van der Waals surface area contributed by atoms with Crippen molar-refractivity contribution in [3.05, 3.63) is 34.3 Å². The van der Waals surface area contributed by atoms with Gasteiger partial charge in [-0.2, -0.15) is 0 Å². The van der Waals surface area contributed by atoms with Gasteiger partial charge in [0.25, 0.3) is 0 Å². The summed E-state index contributed by atoms with van der Waals surface area (Å²) in [6.45, 7) is 5.60. The zero-order chi connectivity index (χ0) is 13.3. The fourth-order valence-corrected chi connectivity index (χ4v) is 2.75. The van der Waals surface area contributed by atoms with Crippen LogP contribution in [0.3, 0.4) is 0 Å². The molecule has 1 aromatic heterocycles. The lowest BCUT2D eigenvalue weighted by atomic mass is 10.0. The fraction of sp³-hybridized carbons (Fsp3) is 0.286. The number of hydrogen-bond acceptors (Lipinski definition) is 4. The van der Waals surface area contributed by atoms with Crippen LogP contribution in [0.15, 0.2) is 17.5 Å². The Bertz CT molecular complexity index is 602. The predicted molar refractivity (Wildman–Crippen MR) is 73.6 cm³/mol. The molecule has 1 heterocycles. The Morgan fingerprint density at radius 1 is 1.28 bits per heavy atom. The van der Waals surface area contributed by atoms with Crippen molar-refractivity contribution >= 4 is 17.1 Å². The smallest absolute Gasteiger partial charge is 0.178 e. The average Bonchev–Trinajstić information content (AvgIpc) is 2.82. The molecule has 2 rings (SSSR count). The number of benzene rings is 1. The lowest BCUT2D eigenvalue weighted by molar-refractivity contribution is 0.101. The number of carbonyl (C=O) groups excluding carboxylic acids is 1. The van der Waals surface area contributed by atoms with Crippen LogP contribution in [0.25, 0.3) is 10.6 Å². The van der Waals surface area contributed by atoms with Crippen LogP contribution >= 0.6 is 11.3 Å². The number of thiazole rings is 1. The first kappa shape index (κ1) is 12.8. The standard InChI is InChI=1S/C14H15NO2S/c1-8-9(2)13(17-4)6-5-11(8)14-15-12(7-18-14)10(3)16/h5-7H,1-4H3. The second kappa shape index (κ2) is 4.90. The molecule has 0 saturated carbocycles. The second-order valence-electron chi connectivity index (χ2n) is 4.16. The van der Waals surface area contributed by atoms with Crippen molar-refractivity contribution < 1.29 is 9.53 Å². The van der Waals surface area contributed by atoms with Crippen molar-refractivity contribution in [1.29, 1.82) is 0 Å². The van der Waals surface area contributed by atoms with Gasteiger partial charge in [0.1, 0.15) is 16.5 Å². The highest BCUT2D eigenvalue weighted by Crippen LogP contribution is 2.32. The highest BCUT2D eigenvalue weighted by molar-refractivity contribution is 7.13. The number of hydrogen-bond donors (Lipinski definition) is 0. The van der Waals surface area contributed by atoms with E-state index in [4.69, 9.17) is 4.74 Å². The molecule has 0 spiro atoms. The lowest BCUT2D eigenvalue weighted by Gasteiger charge is -2.10. The number of rotatable bonds is 3. The quantitative estimate of drug-likeness (QED) is 0.792. The Labute approximate surface area is 110 Å². The van der Waals surface area contributed by atoms with Crippen molar-refractivity contribution in [2.24, 2.45) is 0 Å². The molecule has 2 aromatic rings. The van der Waals surface area contributed by atoms with Crippen molar-refractivity contribution in [2.45, 2.75) is 20.8 Å². The first-order valence-electron chi connectivity index (χ1n) is 5.65. The van der Waals surface area contributed by atoms with Crippen molar-refractivity contribution in [2.75, 3.05) is 7.11 Å². The average molecular weight is 261 g/mol. The normalized spacial score (nSPS) is 10.4. The van der Waals surface area contributed by atoms with Gasteiger partial charge in [0.05, 0.1) is 7.11 Å². The first-order valence-corrected chi connectivity index (χ1v) is 6.53. The maximum Gasteiger partial charge on any atom is 0.178 e. The third-order valence-corrected chi connectivity index (χ3v) is 3.93. The monoisotopic (exact) mass is 261 g/mol. The third-order valence-electron chi connectivity index (χ3n) is 3.05. The summed E-state index contributed by atoms with van der Waals surface area (Å²) >= 11 is 1.49. The number of aromatic nitrogens is 1. The predicted octanol–water partition coefficient (Wildman–Crippen LogP) is 3.64. The zero-order valence-corrected chi connectivity index (χ0v) is 11.7. The van der Waals surface area contributed by atoms with Gasteiger partial charge in [0.15, 0.2) is 5.78 Å². The van der Waals surface area contributed by atoms with Crippen LogP contribution < -0.4 is 4.74 Å². The van der Waals surface area contributed by atoms with Crippen LogP contribution in [0.1, 0.15) is 28.5 Å². The molecular formula is C14H15NO2S. The minimum atomic E-state index is 0.000358. The van der Waals surface area contributed by atoms with E-state index in [1.165, 1.54) is 18.3 Å². The van der Waals surface area contributed by atoms with E-state index < -0.39 is 0 Å². The number of carbonyl (C=O) groups is 1. The molecule has 0 radical (unpaired) electrons. The molecule has 0 aliphatic rings. The molecule has 94 valence electrons. The minimum absolute atomic E-state index is 0.000358. The summed E-state index contributed by atoms with van der Waals surface area (Å²) in [7, 11) is 1.67. The van der Waals surface area contributed by atoms with Crippen molar-refractivity contribution in [1.82, 2.24) is 4.98 Å². The fourth-order valence-electron chi connectivity index (χ4n) is 1.81. The maximum atomic E-state index is 11.3. The molecule has 0 N–H and O–H groups in total. The molecule has 0 aliphatic carbocycles. The Morgan fingerprint density at radius 3 is 2.56 bits per heavy atom. The summed E-state index contributed by atoms with van der Waals surface area (Å²) in [6, 6.07) is 3.93. The first-order chi connectivity index (χ1) is 8.54. The van der Waals surface area contributed by atoms with Gasteiger partial charge in [-0.1, -0.05) is 0 Å². The SMILES string of the molecule is COc1ccc(-c2nc(C(C)=O)cs2)c(C)c1C. The number of ketones is 1. The molecule has 18 heavy (non-hydrogen) atoms. The minimum Gasteiger partial charge on any atom is -0.496 e. The Hall–Kier alpha value is -1.68. The van der Waals surface area contributed by atoms with Crippen LogP contribution in [0.2, 0.25) is 0 Å². The van der Waals surface area contributed by atoms with Crippen LogP contribution in [-0.4, -0.2) is 17.9 Å². The van der Waals surface area contributed by atoms with E-state index in [1.54, 1.807) is 12.5 Å². The van der Waals surface area contributed by atoms with Gasteiger partial charge in [0.2, 0.25) is 0 Å². The largest absolute Gasteiger partial charge is 0.496 e. The van der Waals surface area contributed by atoms with Crippen molar-refractivity contribution in [3.63, 3.8) is 0 Å². The Kier molecular flexibility index (Phi) is 3.48. The van der Waals surface area contributed by atoms with E-state index in [0.29, 0.717) is 5.69 Å². The van der Waals surface area contributed by atoms with Crippen LogP contribution in [0.4, 0.5) is 0 Å². The topological polar surface area (TPSA) is 39.2 Å². The summed E-state index contributed by atoms with van der Waals surface area (Å²) in [6.07, 6.45) is 0. The molecule has 0 atom stereocenters. The highest BCUT2D eigenvalue weighted by atomic mass is 32.1. The Morgan fingerprint density at radius 2 is 2.00 bits per heavy atom. The van der Waals surface area contributed by atoms with Gasteiger partial charge >= 0.3 is 0 Å². The van der Waals surface area contributed by atoms with Gasteiger partial charge in [-0.05, 0) is 37.1 Å². The highest BCUT2D eigenvalue weighted by Gasteiger charge is 2.13. The summed E-state index contributed by atoms with van der Waals surface area (Å²) in [5.74, 6) is 0.875. The van der Waals surface area contributed by atoms with E-state index >= 15 is 0 Å². The van der Waals surface area contributed by atoms with E-state index in [0.717, 1.165) is 27.4 Å². The van der Waals surface area contributed by atoms with Gasteiger partial charge in [-0.15, -0.1) is 11.3 Å². The molecule has 0 saturated heterocycles.